The molecule has 0 saturated heterocycles. The van der Waals surface area contributed by atoms with Crippen LogP contribution in [0.2, 0.25) is 0 Å². The van der Waals surface area contributed by atoms with Crippen LogP contribution in [0.4, 0.5) is 8.78 Å². The maximum absolute atomic E-state index is 14.1. The average Bonchev–Trinajstić information content (AvgIpc) is 2.42. The number of hydrogen-bond donors (Lipinski definition) is 1. The predicted octanol–water partition coefficient (Wildman–Crippen LogP) is 3.48. The van der Waals surface area contributed by atoms with E-state index in [2.05, 4.69) is 5.92 Å². The van der Waals surface area contributed by atoms with Crippen molar-refractivity contribution in [2.24, 2.45) is 0 Å². The second kappa shape index (κ2) is 5.85. The van der Waals surface area contributed by atoms with Crippen molar-refractivity contribution in [2.45, 2.75) is 19.4 Å². The molecule has 0 aliphatic heterocycles. The Kier molecular flexibility index (Phi) is 4.16. The van der Waals surface area contributed by atoms with Gasteiger partial charge < -0.3 is 5.11 Å². The Bertz CT molecular complexity index is 671. The Balaban J connectivity index is 2.34. The van der Waals surface area contributed by atoms with Gasteiger partial charge in [0.05, 0.1) is 0 Å². The van der Waals surface area contributed by atoms with Crippen LogP contribution in [0.25, 0.3) is 11.1 Å². The van der Waals surface area contributed by atoms with Crippen LogP contribution in [0, 0.1) is 30.9 Å². The van der Waals surface area contributed by atoms with Crippen molar-refractivity contribution in [3.63, 3.8) is 0 Å². The van der Waals surface area contributed by atoms with Gasteiger partial charge in [0.2, 0.25) is 0 Å². The Hall–Kier alpha value is -2.18. The summed E-state index contributed by atoms with van der Waals surface area (Å²) in [7, 11) is 0. The summed E-state index contributed by atoms with van der Waals surface area (Å²) in [5.74, 6) is 1.35. The molecule has 0 aromatic heterocycles. The molecule has 0 spiro atoms. The van der Waals surface area contributed by atoms with E-state index < -0.39 is 11.9 Å². The lowest BCUT2D eigenvalue weighted by Crippen LogP contribution is -2.07. The highest BCUT2D eigenvalue weighted by molar-refractivity contribution is 5.65. The summed E-state index contributed by atoms with van der Waals surface area (Å²) < 4.78 is 27.6. The number of terminal acetylenes is 1. The van der Waals surface area contributed by atoms with Gasteiger partial charge in [0.1, 0.15) is 17.7 Å². The minimum absolute atomic E-state index is 0.190. The third-order valence-corrected chi connectivity index (χ3v) is 3.14. The Labute approximate surface area is 116 Å². The van der Waals surface area contributed by atoms with E-state index in [0.29, 0.717) is 22.3 Å². The number of benzene rings is 2. The molecular formula is C17H14F2O. The maximum atomic E-state index is 14.1. The van der Waals surface area contributed by atoms with Crippen LogP contribution in [0.1, 0.15) is 11.1 Å². The van der Waals surface area contributed by atoms with Gasteiger partial charge in [0.25, 0.3) is 0 Å². The van der Waals surface area contributed by atoms with Crippen molar-refractivity contribution in [3.8, 4) is 23.5 Å². The van der Waals surface area contributed by atoms with Gasteiger partial charge in [-0.1, -0.05) is 30.2 Å². The summed E-state index contributed by atoms with van der Waals surface area (Å²) in [5, 5.41) is 9.35. The van der Waals surface area contributed by atoms with Crippen molar-refractivity contribution in [3.05, 3.63) is 59.2 Å². The largest absolute Gasteiger partial charge is 0.380 e. The highest BCUT2D eigenvalue weighted by Gasteiger charge is 2.09. The Morgan fingerprint density at radius 1 is 1.15 bits per heavy atom. The topological polar surface area (TPSA) is 20.2 Å². The van der Waals surface area contributed by atoms with Crippen molar-refractivity contribution in [2.75, 3.05) is 0 Å². The van der Waals surface area contributed by atoms with Gasteiger partial charge in [0, 0.05) is 12.0 Å². The summed E-state index contributed by atoms with van der Waals surface area (Å²) >= 11 is 0. The molecule has 0 saturated carbocycles. The van der Waals surface area contributed by atoms with Crippen LogP contribution >= 0.6 is 0 Å². The molecule has 0 radical (unpaired) electrons. The van der Waals surface area contributed by atoms with E-state index in [-0.39, 0.29) is 12.2 Å². The smallest absolute Gasteiger partial charge is 0.131 e. The quantitative estimate of drug-likeness (QED) is 0.848. The van der Waals surface area contributed by atoms with Crippen molar-refractivity contribution in [1.82, 2.24) is 0 Å². The minimum atomic E-state index is -0.933. The lowest BCUT2D eigenvalue weighted by molar-refractivity contribution is 0.233. The second-order valence-corrected chi connectivity index (χ2v) is 4.66. The van der Waals surface area contributed by atoms with Crippen molar-refractivity contribution >= 4 is 0 Å². The van der Waals surface area contributed by atoms with E-state index in [1.54, 1.807) is 31.2 Å². The third kappa shape index (κ3) is 3.04. The first-order chi connectivity index (χ1) is 9.51. The van der Waals surface area contributed by atoms with Gasteiger partial charge in [0.15, 0.2) is 0 Å². The molecule has 3 heteroatoms. The lowest BCUT2D eigenvalue weighted by Gasteiger charge is -2.08. The highest BCUT2D eigenvalue weighted by Crippen LogP contribution is 2.25. The van der Waals surface area contributed by atoms with Crippen LogP contribution in [-0.2, 0) is 6.42 Å². The van der Waals surface area contributed by atoms with Crippen LogP contribution in [0.3, 0.4) is 0 Å². The zero-order chi connectivity index (χ0) is 14.7. The van der Waals surface area contributed by atoms with E-state index in [1.165, 1.54) is 12.1 Å². The monoisotopic (exact) mass is 272 g/mol. The van der Waals surface area contributed by atoms with Gasteiger partial charge >= 0.3 is 0 Å². The fraction of sp³-hybridized carbons (Fsp3) is 0.176. The summed E-state index contributed by atoms with van der Waals surface area (Å²) in [6, 6.07) is 9.15. The molecule has 102 valence electrons. The molecule has 2 aromatic rings. The predicted molar refractivity (Wildman–Crippen MR) is 75.1 cm³/mol. The summed E-state index contributed by atoms with van der Waals surface area (Å²) in [6.07, 6.45) is 4.33. The van der Waals surface area contributed by atoms with Crippen molar-refractivity contribution < 1.29 is 13.9 Å². The molecule has 0 amide bonds. The number of rotatable bonds is 3. The molecule has 0 aliphatic rings. The molecule has 1 unspecified atom stereocenters. The maximum Gasteiger partial charge on any atom is 0.131 e. The van der Waals surface area contributed by atoms with Gasteiger partial charge in [-0.3, -0.25) is 0 Å². The molecule has 20 heavy (non-hydrogen) atoms. The third-order valence-electron chi connectivity index (χ3n) is 3.14. The van der Waals surface area contributed by atoms with E-state index in [4.69, 9.17) is 6.42 Å². The SMILES string of the molecule is C#CC(O)Cc1ccc(-c2ccc(C)c(F)c2)c(F)c1. The standard InChI is InChI=1S/C17H14F2O/c1-3-14(20)8-12-5-7-15(17(19)9-12)13-6-4-11(2)16(18)10-13/h1,4-7,9-10,14,20H,8H2,2H3. The lowest BCUT2D eigenvalue weighted by atomic mass is 10.00. The highest BCUT2D eigenvalue weighted by atomic mass is 19.1. The number of aliphatic hydroxyl groups excluding tert-OH is 1. The molecule has 0 aliphatic carbocycles. The normalized spacial score (nSPS) is 11.9. The first-order valence-corrected chi connectivity index (χ1v) is 6.20. The Morgan fingerprint density at radius 3 is 2.50 bits per heavy atom. The molecule has 2 aromatic carbocycles. The average molecular weight is 272 g/mol. The zero-order valence-corrected chi connectivity index (χ0v) is 11.0. The van der Waals surface area contributed by atoms with Gasteiger partial charge in [-0.25, -0.2) is 8.78 Å². The molecule has 0 heterocycles. The molecule has 0 bridgehead atoms. The summed E-state index contributed by atoms with van der Waals surface area (Å²) in [5.41, 5.74) is 1.92. The molecule has 0 fully saturated rings. The van der Waals surface area contributed by atoms with Crippen LogP contribution in [0.15, 0.2) is 36.4 Å². The fourth-order valence-corrected chi connectivity index (χ4v) is 1.96. The van der Waals surface area contributed by atoms with E-state index in [1.807, 2.05) is 0 Å². The number of aryl methyl sites for hydroxylation is 1. The summed E-state index contributed by atoms with van der Waals surface area (Å²) in [6.45, 7) is 1.65. The number of hydrogen-bond acceptors (Lipinski definition) is 1. The van der Waals surface area contributed by atoms with Gasteiger partial charge in [-0.05, 0) is 35.7 Å². The molecule has 1 N–H and O–H groups in total. The Morgan fingerprint density at radius 2 is 1.90 bits per heavy atom. The molecular weight excluding hydrogens is 258 g/mol. The van der Waals surface area contributed by atoms with Crippen LogP contribution in [0.5, 0.6) is 0 Å². The number of halogens is 2. The molecule has 1 nitrogen and oxygen atoms in total. The van der Waals surface area contributed by atoms with E-state index in [9.17, 15) is 13.9 Å². The van der Waals surface area contributed by atoms with Crippen LogP contribution < -0.4 is 0 Å². The second-order valence-electron chi connectivity index (χ2n) is 4.66. The van der Waals surface area contributed by atoms with E-state index >= 15 is 0 Å². The fourth-order valence-electron chi connectivity index (χ4n) is 1.96. The first kappa shape index (κ1) is 14.2. The molecule has 1 atom stereocenters. The van der Waals surface area contributed by atoms with Gasteiger partial charge in [-0.2, -0.15) is 0 Å². The summed E-state index contributed by atoms with van der Waals surface area (Å²) in [4.78, 5) is 0. The van der Waals surface area contributed by atoms with E-state index in [0.717, 1.165) is 0 Å². The zero-order valence-electron chi connectivity index (χ0n) is 11.0. The van der Waals surface area contributed by atoms with Gasteiger partial charge in [-0.15, -0.1) is 6.42 Å². The first-order valence-electron chi connectivity index (χ1n) is 6.20. The molecule has 2 rings (SSSR count). The van der Waals surface area contributed by atoms with Crippen molar-refractivity contribution in [1.29, 1.82) is 0 Å². The number of aliphatic hydroxyl groups is 1. The van der Waals surface area contributed by atoms with Crippen LogP contribution in [-0.4, -0.2) is 11.2 Å². The minimum Gasteiger partial charge on any atom is -0.380 e.